The number of halogens is 1. The zero-order valence-electron chi connectivity index (χ0n) is 18.6. The zero-order valence-corrected chi connectivity index (χ0v) is 19.4. The van der Waals surface area contributed by atoms with Gasteiger partial charge in [0.05, 0.1) is 23.9 Å². The lowest BCUT2D eigenvalue weighted by molar-refractivity contribution is -0.139. The number of carbonyl (C=O) groups is 4. The maximum atomic E-state index is 12.8. The van der Waals surface area contributed by atoms with Crippen LogP contribution < -0.4 is 10.6 Å². The van der Waals surface area contributed by atoms with Crippen LogP contribution in [-0.4, -0.2) is 42.0 Å². The molecule has 0 saturated carbocycles. The second-order valence-corrected chi connectivity index (χ2v) is 7.89. The van der Waals surface area contributed by atoms with Gasteiger partial charge in [-0.2, -0.15) is 0 Å². The molecule has 1 aliphatic heterocycles. The second kappa shape index (κ2) is 9.91. The fourth-order valence-corrected chi connectivity index (χ4v) is 3.91. The second-order valence-electron chi connectivity index (χ2n) is 7.45. The highest BCUT2D eigenvalue weighted by molar-refractivity contribution is 6.30. The van der Waals surface area contributed by atoms with E-state index in [1.807, 2.05) is 0 Å². The summed E-state index contributed by atoms with van der Waals surface area (Å²) < 4.78 is 10.6. The molecule has 174 valence electrons. The van der Waals surface area contributed by atoms with Crippen LogP contribution in [0, 0.1) is 13.8 Å². The van der Waals surface area contributed by atoms with Gasteiger partial charge in [0.15, 0.2) is 5.78 Å². The molecule has 1 atom stereocenters. The van der Waals surface area contributed by atoms with E-state index in [4.69, 9.17) is 21.1 Å². The highest BCUT2D eigenvalue weighted by Crippen LogP contribution is 2.29. The Labute approximate surface area is 195 Å². The summed E-state index contributed by atoms with van der Waals surface area (Å²) in [6.07, 6.45) is 0. The van der Waals surface area contributed by atoms with Gasteiger partial charge in [0, 0.05) is 16.3 Å². The molecule has 0 unspecified atom stereocenters. The van der Waals surface area contributed by atoms with Crippen molar-refractivity contribution in [1.29, 1.82) is 0 Å². The number of benzene rings is 1. The number of Topliss-reactive ketones (excluding diaryl/α,β-unsaturated/α-hetero) is 1. The number of urea groups is 1. The monoisotopic (exact) mass is 473 g/mol. The largest absolute Gasteiger partial charge is 0.463 e. The van der Waals surface area contributed by atoms with Crippen LogP contribution in [0.5, 0.6) is 0 Å². The average Bonchev–Trinajstić information content (AvgIpc) is 3.06. The smallest absolute Gasteiger partial charge is 0.355 e. The number of rotatable bonds is 7. The number of hydrogen-bond donors (Lipinski definition) is 3. The van der Waals surface area contributed by atoms with Gasteiger partial charge in [0.25, 0.3) is 0 Å². The number of esters is 2. The minimum Gasteiger partial charge on any atom is -0.463 e. The van der Waals surface area contributed by atoms with Crippen LogP contribution in [0.3, 0.4) is 0 Å². The molecule has 2 heterocycles. The third kappa shape index (κ3) is 5.09. The van der Waals surface area contributed by atoms with E-state index in [0.717, 1.165) is 0 Å². The van der Waals surface area contributed by atoms with Gasteiger partial charge in [-0.05, 0) is 51.0 Å². The highest BCUT2D eigenvalue weighted by Gasteiger charge is 2.34. The molecule has 0 radical (unpaired) electrons. The molecule has 0 spiro atoms. The van der Waals surface area contributed by atoms with Gasteiger partial charge in [-0.15, -0.1) is 0 Å². The lowest BCUT2D eigenvalue weighted by Gasteiger charge is -2.29. The van der Waals surface area contributed by atoms with Gasteiger partial charge >= 0.3 is 18.0 Å². The summed E-state index contributed by atoms with van der Waals surface area (Å²) in [5.41, 5.74) is 2.38. The Hall–Kier alpha value is -3.59. The molecule has 0 fully saturated rings. The molecular weight excluding hydrogens is 450 g/mol. The molecule has 1 aromatic carbocycles. The Morgan fingerprint density at radius 2 is 1.73 bits per heavy atom. The minimum absolute atomic E-state index is 0.0956. The molecule has 0 bridgehead atoms. The summed E-state index contributed by atoms with van der Waals surface area (Å²) in [5, 5.41) is 5.72. The van der Waals surface area contributed by atoms with E-state index in [2.05, 4.69) is 15.6 Å². The van der Waals surface area contributed by atoms with Crippen LogP contribution in [0.1, 0.15) is 57.6 Å². The van der Waals surface area contributed by atoms with Crippen molar-refractivity contribution in [2.75, 3.05) is 13.2 Å². The molecule has 0 saturated heterocycles. The first-order valence-corrected chi connectivity index (χ1v) is 10.6. The standard InChI is InChI=1S/C23H24ClN3O6/c1-5-32-21(29)18-16(26-23(31)27-20(18)14-6-8-15(24)9-7-14)10-33-22(30)19-11(2)17(13(4)28)12(3)25-19/h6-9,20,25H,5,10H2,1-4H3,(H2,26,27,31)/t20-/m1/s1. The number of amides is 2. The van der Waals surface area contributed by atoms with Crippen molar-refractivity contribution in [2.24, 2.45) is 0 Å². The quantitative estimate of drug-likeness (QED) is 0.417. The Bertz CT molecular complexity index is 1150. The van der Waals surface area contributed by atoms with E-state index in [1.54, 1.807) is 45.0 Å². The maximum absolute atomic E-state index is 12.8. The Kier molecular flexibility index (Phi) is 7.23. The maximum Gasteiger partial charge on any atom is 0.355 e. The normalized spacial score (nSPS) is 15.5. The van der Waals surface area contributed by atoms with E-state index in [-0.39, 0.29) is 29.4 Å². The molecule has 3 rings (SSSR count). The van der Waals surface area contributed by atoms with Crippen molar-refractivity contribution in [1.82, 2.24) is 15.6 Å². The number of ether oxygens (including phenoxy) is 2. The predicted molar refractivity (Wildman–Crippen MR) is 120 cm³/mol. The van der Waals surface area contributed by atoms with Crippen molar-refractivity contribution < 1.29 is 28.7 Å². The summed E-state index contributed by atoms with van der Waals surface area (Å²) in [6, 6.07) is 5.22. The number of hydrogen-bond acceptors (Lipinski definition) is 6. The third-order valence-corrected chi connectivity index (χ3v) is 5.45. The fraction of sp³-hybridized carbons (Fsp3) is 0.304. The minimum atomic E-state index is -0.831. The van der Waals surface area contributed by atoms with Crippen LogP contribution in [0.15, 0.2) is 35.5 Å². The number of nitrogens with one attached hydrogen (secondary N) is 3. The molecule has 33 heavy (non-hydrogen) atoms. The van der Waals surface area contributed by atoms with Crippen LogP contribution in [0.2, 0.25) is 5.02 Å². The number of aromatic nitrogens is 1. The number of carbonyl (C=O) groups excluding carboxylic acids is 4. The Morgan fingerprint density at radius 3 is 2.30 bits per heavy atom. The topological polar surface area (TPSA) is 127 Å². The zero-order chi connectivity index (χ0) is 24.3. The third-order valence-electron chi connectivity index (χ3n) is 5.19. The van der Waals surface area contributed by atoms with Gasteiger partial charge in [-0.1, -0.05) is 23.7 Å². The van der Waals surface area contributed by atoms with Crippen LogP contribution >= 0.6 is 11.6 Å². The van der Waals surface area contributed by atoms with Crippen LogP contribution in [0.25, 0.3) is 0 Å². The fourth-order valence-electron chi connectivity index (χ4n) is 3.78. The van der Waals surface area contributed by atoms with Gasteiger partial charge in [0.1, 0.15) is 12.3 Å². The first kappa shape index (κ1) is 24.1. The molecule has 1 aliphatic rings. The number of H-pyrrole nitrogens is 1. The van der Waals surface area contributed by atoms with Gasteiger partial charge in [-0.25, -0.2) is 14.4 Å². The van der Waals surface area contributed by atoms with E-state index in [0.29, 0.717) is 27.4 Å². The van der Waals surface area contributed by atoms with Crippen molar-refractivity contribution in [3.05, 3.63) is 68.6 Å². The molecule has 9 nitrogen and oxygen atoms in total. The molecule has 3 N–H and O–H groups in total. The number of aromatic amines is 1. The first-order valence-electron chi connectivity index (χ1n) is 10.2. The van der Waals surface area contributed by atoms with Gasteiger partial charge in [-0.3, -0.25) is 4.79 Å². The van der Waals surface area contributed by atoms with Crippen molar-refractivity contribution in [3.63, 3.8) is 0 Å². The van der Waals surface area contributed by atoms with E-state index in [9.17, 15) is 19.2 Å². The summed E-state index contributed by atoms with van der Waals surface area (Å²) in [5.74, 6) is -1.57. The van der Waals surface area contributed by atoms with Crippen molar-refractivity contribution in [2.45, 2.75) is 33.7 Å². The molecule has 1 aromatic heterocycles. The summed E-state index contributed by atoms with van der Waals surface area (Å²) in [6.45, 7) is 6.13. The lowest BCUT2D eigenvalue weighted by atomic mass is 9.95. The molecule has 2 amide bonds. The molecular formula is C23H24ClN3O6. The Balaban J connectivity index is 1.94. The Morgan fingerprint density at radius 1 is 1.06 bits per heavy atom. The van der Waals surface area contributed by atoms with E-state index < -0.39 is 30.6 Å². The van der Waals surface area contributed by atoms with E-state index >= 15 is 0 Å². The lowest BCUT2D eigenvalue weighted by Crippen LogP contribution is -2.47. The van der Waals surface area contributed by atoms with Gasteiger partial charge < -0.3 is 25.1 Å². The molecule has 0 aliphatic carbocycles. The highest BCUT2D eigenvalue weighted by atomic mass is 35.5. The van der Waals surface area contributed by atoms with Crippen molar-refractivity contribution >= 4 is 35.4 Å². The van der Waals surface area contributed by atoms with Crippen molar-refractivity contribution in [3.8, 4) is 0 Å². The molecule has 10 heteroatoms. The summed E-state index contributed by atoms with van der Waals surface area (Å²) in [7, 11) is 0. The summed E-state index contributed by atoms with van der Waals surface area (Å²) in [4.78, 5) is 52.5. The van der Waals surface area contributed by atoms with Crippen LogP contribution in [0.4, 0.5) is 4.79 Å². The van der Waals surface area contributed by atoms with E-state index in [1.165, 1.54) is 6.92 Å². The number of aryl methyl sites for hydroxylation is 1. The average molecular weight is 474 g/mol. The van der Waals surface area contributed by atoms with Gasteiger partial charge in [0.2, 0.25) is 0 Å². The van der Waals surface area contributed by atoms with Crippen LogP contribution in [-0.2, 0) is 14.3 Å². The predicted octanol–water partition coefficient (Wildman–Crippen LogP) is 3.52. The first-order chi connectivity index (χ1) is 15.6. The molecule has 2 aromatic rings. The SMILES string of the molecule is CCOC(=O)C1=C(COC(=O)c2[nH]c(C)c(C(C)=O)c2C)NC(=O)N[C@@H]1c1ccc(Cl)cc1. The number of ketones is 1. The summed E-state index contributed by atoms with van der Waals surface area (Å²) >= 11 is 5.96.